The smallest absolute Gasteiger partial charge is 0.119 e. The third-order valence-corrected chi connectivity index (χ3v) is 3.54. The van der Waals surface area contributed by atoms with Crippen LogP contribution < -0.4 is 9.64 Å². The summed E-state index contributed by atoms with van der Waals surface area (Å²) in [4.78, 5) is 1.60. The van der Waals surface area contributed by atoms with Crippen LogP contribution in [0, 0.1) is 11.3 Å². The first-order chi connectivity index (χ1) is 9.67. The summed E-state index contributed by atoms with van der Waals surface area (Å²) in [6.45, 7) is 8.29. The van der Waals surface area contributed by atoms with Crippen LogP contribution in [-0.2, 0) is 4.74 Å². The van der Waals surface area contributed by atoms with Gasteiger partial charge in [0.25, 0.3) is 0 Å². The van der Waals surface area contributed by atoms with Gasteiger partial charge in [0.2, 0.25) is 0 Å². The maximum absolute atomic E-state index is 8.73. The molecule has 2 rings (SSSR count). The Balaban J connectivity index is 1.67. The maximum atomic E-state index is 8.73. The second-order valence-electron chi connectivity index (χ2n) is 5.50. The summed E-state index contributed by atoms with van der Waals surface area (Å²) in [6.07, 6.45) is 1.75. The number of morpholine rings is 1. The molecule has 4 nitrogen and oxygen atoms in total. The van der Waals surface area contributed by atoms with E-state index < -0.39 is 0 Å². The Bertz CT molecular complexity index is 443. The lowest BCUT2D eigenvalue weighted by Crippen LogP contribution is -3.15. The van der Waals surface area contributed by atoms with Crippen molar-refractivity contribution in [3.8, 4) is 11.8 Å². The first kappa shape index (κ1) is 14.8. The summed E-state index contributed by atoms with van der Waals surface area (Å²) in [5.41, 5.74) is 0.665. The van der Waals surface area contributed by atoms with Crippen molar-refractivity contribution in [1.82, 2.24) is 0 Å². The van der Waals surface area contributed by atoms with Gasteiger partial charge in [-0.3, -0.25) is 0 Å². The zero-order chi connectivity index (χ0) is 14.4. The fraction of sp³-hybridized carbons (Fsp3) is 0.562. The predicted molar refractivity (Wildman–Crippen MR) is 76.8 cm³/mol. The maximum Gasteiger partial charge on any atom is 0.119 e. The highest BCUT2D eigenvalue weighted by atomic mass is 16.5. The van der Waals surface area contributed by atoms with E-state index in [2.05, 4.69) is 19.9 Å². The van der Waals surface area contributed by atoms with Gasteiger partial charge >= 0.3 is 0 Å². The second kappa shape index (κ2) is 7.28. The summed E-state index contributed by atoms with van der Waals surface area (Å²) in [5, 5.41) is 8.73. The van der Waals surface area contributed by atoms with E-state index >= 15 is 0 Å². The Morgan fingerprint density at radius 3 is 2.50 bits per heavy atom. The van der Waals surface area contributed by atoms with Gasteiger partial charge in [-0.2, -0.15) is 5.26 Å². The predicted octanol–water partition coefficient (Wildman–Crippen LogP) is 1.02. The van der Waals surface area contributed by atoms with Crippen molar-refractivity contribution in [3.05, 3.63) is 29.8 Å². The molecule has 0 spiro atoms. The highest BCUT2D eigenvalue weighted by Crippen LogP contribution is 2.11. The third kappa shape index (κ3) is 4.52. The lowest BCUT2D eigenvalue weighted by molar-refractivity contribution is -0.915. The molecule has 0 aliphatic carbocycles. The summed E-state index contributed by atoms with van der Waals surface area (Å²) < 4.78 is 11.4. The zero-order valence-electron chi connectivity index (χ0n) is 12.3. The Labute approximate surface area is 120 Å². The number of hydrogen-bond donors (Lipinski definition) is 1. The third-order valence-electron chi connectivity index (χ3n) is 3.54. The van der Waals surface area contributed by atoms with Crippen LogP contribution in [0.3, 0.4) is 0 Å². The van der Waals surface area contributed by atoms with E-state index in [-0.39, 0.29) is 0 Å². The fourth-order valence-electron chi connectivity index (χ4n) is 2.73. The number of ether oxygens (including phenoxy) is 2. The van der Waals surface area contributed by atoms with Crippen LogP contribution in [0.15, 0.2) is 24.3 Å². The molecule has 0 unspecified atom stereocenters. The first-order valence-corrected chi connectivity index (χ1v) is 7.29. The van der Waals surface area contributed by atoms with Gasteiger partial charge in [-0.25, -0.2) is 0 Å². The summed E-state index contributed by atoms with van der Waals surface area (Å²) in [5.74, 6) is 0.836. The number of nitrogens with zero attached hydrogens (tertiary/aromatic N) is 1. The van der Waals surface area contributed by atoms with Gasteiger partial charge in [-0.15, -0.1) is 0 Å². The molecule has 108 valence electrons. The number of rotatable bonds is 5. The van der Waals surface area contributed by atoms with Crippen molar-refractivity contribution in [1.29, 1.82) is 5.26 Å². The lowest BCUT2D eigenvalue weighted by Gasteiger charge is -2.32. The van der Waals surface area contributed by atoms with Gasteiger partial charge in [0.1, 0.15) is 31.0 Å². The molecule has 1 N–H and O–H groups in total. The molecule has 0 radical (unpaired) electrons. The van der Waals surface area contributed by atoms with Gasteiger partial charge in [0.15, 0.2) is 0 Å². The van der Waals surface area contributed by atoms with Gasteiger partial charge in [0, 0.05) is 6.42 Å². The minimum atomic E-state index is 0.355. The van der Waals surface area contributed by atoms with Crippen LogP contribution in [0.25, 0.3) is 0 Å². The Morgan fingerprint density at radius 1 is 1.25 bits per heavy atom. The molecule has 1 saturated heterocycles. The molecule has 20 heavy (non-hydrogen) atoms. The molecular weight excluding hydrogens is 252 g/mol. The van der Waals surface area contributed by atoms with Crippen molar-refractivity contribution >= 4 is 0 Å². The van der Waals surface area contributed by atoms with E-state index in [1.165, 1.54) is 0 Å². The second-order valence-corrected chi connectivity index (χ2v) is 5.50. The highest BCUT2D eigenvalue weighted by molar-refractivity contribution is 5.34. The largest absolute Gasteiger partial charge is 0.493 e. The molecule has 0 bridgehead atoms. The molecule has 1 aromatic rings. The van der Waals surface area contributed by atoms with Crippen LogP contribution in [0.4, 0.5) is 0 Å². The number of nitrogens with one attached hydrogen (secondary N) is 1. The monoisotopic (exact) mass is 275 g/mol. The molecular formula is C16H23N2O2+. The van der Waals surface area contributed by atoms with Crippen LogP contribution in [0.5, 0.6) is 5.75 Å². The van der Waals surface area contributed by atoms with Crippen LogP contribution >= 0.6 is 0 Å². The molecule has 1 aliphatic rings. The van der Waals surface area contributed by atoms with E-state index in [0.717, 1.165) is 38.4 Å². The van der Waals surface area contributed by atoms with Crippen molar-refractivity contribution in [2.24, 2.45) is 0 Å². The van der Waals surface area contributed by atoms with E-state index in [1.54, 1.807) is 17.0 Å². The SMILES string of the molecule is C[C@H]1C[NH+](CCCOc2ccc(C#N)cc2)C[C@H](C)O1. The van der Waals surface area contributed by atoms with Gasteiger partial charge in [0.05, 0.1) is 24.8 Å². The molecule has 0 aromatic heterocycles. The molecule has 2 atom stereocenters. The van der Waals surface area contributed by atoms with Crippen molar-refractivity contribution < 1.29 is 14.4 Å². The fourth-order valence-corrected chi connectivity index (χ4v) is 2.73. The number of quaternary nitrogens is 1. The van der Waals surface area contributed by atoms with Gasteiger partial charge in [-0.05, 0) is 38.1 Å². The lowest BCUT2D eigenvalue weighted by atomic mass is 10.2. The minimum absolute atomic E-state index is 0.355. The normalized spacial score (nSPS) is 25.9. The number of benzene rings is 1. The van der Waals surface area contributed by atoms with Crippen molar-refractivity contribution in [3.63, 3.8) is 0 Å². The molecule has 1 heterocycles. The van der Waals surface area contributed by atoms with Crippen molar-refractivity contribution in [2.75, 3.05) is 26.2 Å². The number of hydrogen-bond acceptors (Lipinski definition) is 3. The highest BCUT2D eigenvalue weighted by Gasteiger charge is 2.24. The molecule has 1 fully saturated rings. The van der Waals surface area contributed by atoms with Crippen LogP contribution in [-0.4, -0.2) is 38.4 Å². The summed E-state index contributed by atoms with van der Waals surface area (Å²) in [7, 11) is 0. The van der Waals surface area contributed by atoms with Crippen molar-refractivity contribution in [2.45, 2.75) is 32.5 Å². The Kier molecular flexibility index (Phi) is 5.40. The number of nitriles is 1. The standard InChI is InChI=1S/C16H22N2O2/c1-13-11-18(12-14(2)20-13)8-3-9-19-16-6-4-15(10-17)5-7-16/h4-7,13-14H,3,8-9,11-12H2,1-2H3/p+1/t13-,14-/m0/s1. The van der Waals surface area contributed by atoms with E-state index in [4.69, 9.17) is 14.7 Å². The molecule has 0 saturated carbocycles. The molecule has 0 amide bonds. The van der Waals surface area contributed by atoms with Gasteiger partial charge < -0.3 is 14.4 Å². The zero-order valence-corrected chi connectivity index (χ0v) is 12.3. The summed E-state index contributed by atoms with van der Waals surface area (Å²) in [6, 6.07) is 9.37. The molecule has 1 aromatic carbocycles. The van der Waals surface area contributed by atoms with E-state index in [9.17, 15) is 0 Å². The average molecular weight is 275 g/mol. The van der Waals surface area contributed by atoms with E-state index in [1.807, 2.05) is 12.1 Å². The van der Waals surface area contributed by atoms with Gasteiger partial charge in [-0.1, -0.05) is 0 Å². The first-order valence-electron chi connectivity index (χ1n) is 7.29. The Morgan fingerprint density at radius 2 is 1.90 bits per heavy atom. The van der Waals surface area contributed by atoms with E-state index in [0.29, 0.717) is 17.8 Å². The van der Waals surface area contributed by atoms with Crippen LogP contribution in [0.2, 0.25) is 0 Å². The minimum Gasteiger partial charge on any atom is -0.493 e. The van der Waals surface area contributed by atoms with Crippen LogP contribution in [0.1, 0.15) is 25.8 Å². The average Bonchev–Trinajstić information content (AvgIpc) is 2.43. The summed E-state index contributed by atoms with van der Waals surface area (Å²) >= 11 is 0. The topological polar surface area (TPSA) is 46.7 Å². The Hall–Kier alpha value is -1.57. The molecule has 1 aliphatic heterocycles. The quantitative estimate of drug-likeness (QED) is 0.816. The molecule has 4 heteroatoms.